The molecule has 0 unspecified atom stereocenters. The first-order valence-electron chi connectivity index (χ1n) is 10.5. The number of esters is 1. The molecule has 6 heteroatoms. The summed E-state index contributed by atoms with van der Waals surface area (Å²) in [6.07, 6.45) is 0. The molecule has 0 amide bonds. The number of benzene rings is 3. The molecule has 0 spiro atoms. The van der Waals surface area contributed by atoms with Crippen LogP contribution in [0.3, 0.4) is 0 Å². The number of hydrogen-bond donors (Lipinski definition) is 0. The van der Waals surface area contributed by atoms with E-state index in [1.165, 1.54) is 18.9 Å². The molecule has 168 valence electrons. The third-order valence-electron chi connectivity index (χ3n) is 5.40. The fourth-order valence-corrected chi connectivity index (χ4v) is 4.87. The van der Waals surface area contributed by atoms with Crippen molar-refractivity contribution in [3.05, 3.63) is 99.6 Å². The van der Waals surface area contributed by atoms with E-state index < -0.39 is 5.97 Å². The number of para-hydroxylation sites is 1. The van der Waals surface area contributed by atoms with Crippen molar-refractivity contribution in [1.29, 1.82) is 0 Å². The van der Waals surface area contributed by atoms with Gasteiger partial charge in [-0.15, -0.1) is 11.8 Å². The van der Waals surface area contributed by atoms with Crippen molar-refractivity contribution in [2.24, 2.45) is 0 Å². The van der Waals surface area contributed by atoms with E-state index in [4.69, 9.17) is 26.1 Å². The number of rotatable bonds is 7. The second-order valence-electron chi connectivity index (χ2n) is 7.73. The van der Waals surface area contributed by atoms with Crippen molar-refractivity contribution in [1.82, 2.24) is 4.98 Å². The maximum atomic E-state index is 12.9. The minimum atomic E-state index is -0.481. The van der Waals surface area contributed by atoms with Gasteiger partial charge < -0.3 is 9.47 Å². The summed E-state index contributed by atoms with van der Waals surface area (Å²) in [5.74, 6) is 0.562. The Morgan fingerprint density at radius 1 is 1.00 bits per heavy atom. The Labute approximate surface area is 202 Å². The summed E-state index contributed by atoms with van der Waals surface area (Å²) in [7, 11) is 1.37. The normalized spacial score (nSPS) is 10.9. The molecule has 0 radical (unpaired) electrons. The number of carbonyl (C=O) groups excluding carboxylic acids is 1. The number of pyridine rings is 1. The van der Waals surface area contributed by atoms with Crippen molar-refractivity contribution < 1.29 is 14.3 Å². The molecule has 1 aromatic heterocycles. The SMILES string of the molecule is COC(=O)c1c(SCc2ccccc2Cl)nc2ccccc2c1OCc1cc(C)ccc1C. The molecule has 33 heavy (non-hydrogen) atoms. The Morgan fingerprint density at radius 3 is 2.55 bits per heavy atom. The Morgan fingerprint density at radius 2 is 1.76 bits per heavy atom. The average Bonchev–Trinajstić information content (AvgIpc) is 2.83. The zero-order valence-electron chi connectivity index (χ0n) is 18.7. The number of methoxy groups -OCH3 is 1. The number of hydrogen-bond acceptors (Lipinski definition) is 5. The monoisotopic (exact) mass is 477 g/mol. The van der Waals surface area contributed by atoms with Gasteiger partial charge in [-0.25, -0.2) is 9.78 Å². The van der Waals surface area contributed by atoms with Crippen molar-refractivity contribution >= 4 is 40.2 Å². The number of thioether (sulfide) groups is 1. The van der Waals surface area contributed by atoms with Gasteiger partial charge in [-0.2, -0.15) is 0 Å². The highest BCUT2D eigenvalue weighted by Crippen LogP contribution is 2.38. The molecule has 4 aromatic rings. The van der Waals surface area contributed by atoms with Gasteiger partial charge in [0.05, 0.1) is 12.6 Å². The predicted molar refractivity (Wildman–Crippen MR) is 134 cm³/mol. The average molecular weight is 478 g/mol. The minimum Gasteiger partial charge on any atom is -0.487 e. The molecule has 0 saturated heterocycles. The minimum absolute atomic E-state index is 0.332. The van der Waals surface area contributed by atoms with Crippen LogP contribution in [0.1, 0.15) is 32.6 Å². The maximum absolute atomic E-state index is 12.9. The van der Waals surface area contributed by atoms with Crippen LogP contribution in [0, 0.1) is 13.8 Å². The van der Waals surface area contributed by atoms with E-state index in [-0.39, 0.29) is 0 Å². The van der Waals surface area contributed by atoms with Crippen LogP contribution >= 0.6 is 23.4 Å². The number of halogens is 1. The van der Waals surface area contributed by atoms with E-state index >= 15 is 0 Å². The molecular weight excluding hydrogens is 454 g/mol. The lowest BCUT2D eigenvalue weighted by atomic mass is 10.1. The number of fused-ring (bicyclic) bond motifs is 1. The number of aryl methyl sites for hydroxylation is 2. The zero-order chi connectivity index (χ0) is 23.4. The summed E-state index contributed by atoms with van der Waals surface area (Å²) in [6.45, 7) is 4.43. The Kier molecular flexibility index (Phi) is 7.21. The fraction of sp³-hybridized carbons (Fsp3) is 0.185. The second-order valence-corrected chi connectivity index (χ2v) is 9.10. The van der Waals surface area contributed by atoms with Crippen LogP contribution in [0.4, 0.5) is 0 Å². The molecule has 0 aliphatic carbocycles. The number of ether oxygens (including phenoxy) is 2. The third-order valence-corrected chi connectivity index (χ3v) is 6.79. The van der Waals surface area contributed by atoms with Crippen LogP contribution in [0.2, 0.25) is 5.02 Å². The molecule has 4 rings (SSSR count). The van der Waals surface area contributed by atoms with E-state index in [1.54, 1.807) is 0 Å². The van der Waals surface area contributed by atoms with E-state index in [0.717, 1.165) is 33.2 Å². The quantitative estimate of drug-likeness (QED) is 0.209. The lowest BCUT2D eigenvalue weighted by Crippen LogP contribution is -2.10. The van der Waals surface area contributed by atoms with E-state index in [1.807, 2.05) is 55.5 Å². The van der Waals surface area contributed by atoms with Crippen molar-refractivity contribution in [3.8, 4) is 5.75 Å². The first-order valence-corrected chi connectivity index (χ1v) is 11.9. The van der Waals surface area contributed by atoms with Gasteiger partial charge >= 0.3 is 5.97 Å². The Hall–Kier alpha value is -3.02. The van der Waals surface area contributed by atoms with E-state index in [0.29, 0.717) is 33.7 Å². The summed E-state index contributed by atoms with van der Waals surface area (Å²) in [5, 5.41) is 2.00. The Balaban J connectivity index is 1.78. The van der Waals surface area contributed by atoms with Crippen molar-refractivity contribution in [2.45, 2.75) is 31.2 Å². The summed E-state index contributed by atoms with van der Waals surface area (Å²) in [6, 6.07) is 21.6. The predicted octanol–water partition coefficient (Wildman–Crippen LogP) is 7.16. The first kappa shape index (κ1) is 23.1. The zero-order valence-corrected chi connectivity index (χ0v) is 20.3. The molecule has 0 aliphatic rings. The van der Waals surface area contributed by atoms with Crippen LogP contribution in [0.5, 0.6) is 5.75 Å². The molecule has 3 aromatic carbocycles. The van der Waals surface area contributed by atoms with Gasteiger partial charge in [-0.05, 0) is 48.7 Å². The van der Waals surface area contributed by atoms with E-state index in [2.05, 4.69) is 25.1 Å². The van der Waals surface area contributed by atoms with Crippen molar-refractivity contribution in [3.63, 3.8) is 0 Å². The highest BCUT2D eigenvalue weighted by molar-refractivity contribution is 7.98. The third kappa shape index (κ3) is 5.15. The molecule has 0 saturated carbocycles. The molecule has 4 nitrogen and oxygen atoms in total. The highest BCUT2D eigenvalue weighted by Gasteiger charge is 2.24. The van der Waals surface area contributed by atoms with Gasteiger partial charge in [-0.3, -0.25) is 0 Å². The summed E-state index contributed by atoms with van der Waals surface area (Å²) in [4.78, 5) is 17.7. The standard InChI is InChI=1S/C27H24ClNO3S/c1-17-12-13-18(2)20(14-17)15-32-25-21-9-5-7-11-23(21)29-26(24(25)27(30)31-3)33-16-19-8-4-6-10-22(19)28/h4-14H,15-16H2,1-3H3. The number of carbonyl (C=O) groups is 1. The second kappa shape index (κ2) is 10.3. The number of aromatic nitrogens is 1. The van der Waals surface area contributed by atoms with Gasteiger partial charge in [0.2, 0.25) is 0 Å². The van der Waals surface area contributed by atoms with Crippen LogP contribution in [-0.4, -0.2) is 18.1 Å². The van der Waals surface area contributed by atoms with Crippen LogP contribution in [0.25, 0.3) is 10.9 Å². The lowest BCUT2D eigenvalue weighted by molar-refractivity contribution is 0.0590. The van der Waals surface area contributed by atoms with Crippen LogP contribution in [-0.2, 0) is 17.1 Å². The molecule has 0 atom stereocenters. The summed E-state index contributed by atoms with van der Waals surface area (Å²) < 4.78 is 11.5. The number of nitrogens with zero attached hydrogens (tertiary/aromatic N) is 1. The summed E-state index contributed by atoms with van der Waals surface area (Å²) in [5.41, 5.74) is 5.40. The molecule has 0 bridgehead atoms. The van der Waals surface area contributed by atoms with E-state index in [9.17, 15) is 4.79 Å². The van der Waals surface area contributed by atoms with Gasteiger partial charge in [0.15, 0.2) is 0 Å². The van der Waals surface area contributed by atoms with Gasteiger partial charge in [0, 0.05) is 16.2 Å². The summed E-state index contributed by atoms with van der Waals surface area (Å²) >= 11 is 7.78. The smallest absolute Gasteiger partial charge is 0.344 e. The van der Waals surface area contributed by atoms with Gasteiger partial charge in [-0.1, -0.05) is 65.7 Å². The van der Waals surface area contributed by atoms with Gasteiger partial charge in [0.1, 0.15) is 22.9 Å². The molecule has 0 fully saturated rings. The lowest BCUT2D eigenvalue weighted by Gasteiger charge is -2.17. The van der Waals surface area contributed by atoms with Crippen LogP contribution in [0.15, 0.2) is 71.8 Å². The van der Waals surface area contributed by atoms with Crippen LogP contribution < -0.4 is 4.74 Å². The molecule has 0 aliphatic heterocycles. The highest BCUT2D eigenvalue weighted by atomic mass is 35.5. The maximum Gasteiger partial charge on any atom is 0.344 e. The molecule has 0 N–H and O–H groups in total. The fourth-order valence-electron chi connectivity index (χ4n) is 3.56. The topological polar surface area (TPSA) is 48.4 Å². The van der Waals surface area contributed by atoms with Gasteiger partial charge in [0.25, 0.3) is 0 Å². The largest absolute Gasteiger partial charge is 0.487 e. The Bertz CT molecular complexity index is 1320. The first-order chi connectivity index (χ1) is 16.0. The molecular formula is C27H24ClNO3S. The van der Waals surface area contributed by atoms with Crippen molar-refractivity contribution in [2.75, 3.05) is 7.11 Å². The molecule has 1 heterocycles.